The molecule has 0 spiro atoms. The molecular formula is C17H16INO2. The van der Waals surface area contributed by atoms with Gasteiger partial charge >= 0.3 is 0 Å². The van der Waals surface area contributed by atoms with E-state index in [0.717, 1.165) is 27.7 Å². The quantitative estimate of drug-likeness (QED) is 0.417. The third-order valence-electron chi connectivity index (χ3n) is 5.16. The number of carbonyl (C=O) groups excluding carboxylic acids is 2. The Morgan fingerprint density at radius 1 is 1.05 bits per heavy atom. The summed E-state index contributed by atoms with van der Waals surface area (Å²) in [5.41, 5.74) is 1.75. The van der Waals surface area contributed by atoms with Crippen molar-refractivity contribution in [2.45, 2.75) is 19.8 Å². The third-order valence-corrected chi connectivity index (χ3v) is 5.83. The van der Waals surface area contributed by atoms with Crippen molar-refractivity contribution in [3.63, 3.8) is 0 Å². The van der Waals surface area contributed by atoms with E-state index in [-0.39, 0.29) is 35.5 Å². The first-order chi connectivity index (χ1) is 10.1. The molecule has 2 amide bonds. The summed E-state index contributed by atoms with van der Waals surface area (Å²) in [4.78, 5) is 27.2. The lowest BCUT2D eigenvalue weighted by atomic mass is 9.63. The molecule has 1 aliphatic heterocycles. The molecule has 4 heteroatoms. The Morgan fingerprint density at radius 3 is 2.10 bits per heavy atom. The number of hydrogen-bond donors (Lipinski definition) is 0. The van der Waals surface area contributed by atoms with Crippen LogP contribution in [0.15, 0.2) is 30.4 Å². The van der Waals surface area contributed by atoms with Gasteiger partial charge in [-0.25, -0.2) is 4.90 Å². The maximum atomic E-state index is 12.8. The van der Waals surface area contributed by atoms with Crippen molar-refractivity contribution in [3.05, 3.63) is 39.5 Å². The maximum Gasteiger partial charge on any atom is 0.238 e. The van der Waals surface area contributed by atoms with E-state index in [1.54, 1.807) is 0 Å². The summed E-state index contributed by atoms with van der Waals surface area (Å²) in [6, 6.07) is 5.88. The minimum absolute atomic E-state index is 0.00774. The van der Waals surface area contributed by atoms with Crippen LogP contribution in [0.5, 0.6) is 0 Å². The molecule has 2 bridgehead atoms. The summed E-state index contributed by atoms with van der Waals surface area (Å²) in [6.45, 7) is 1.97. The average Bonchev–Trinajstić information content (AvgIpc) is 2.75. The van der Waals surface area contributed by atoms with Crippen LogP contribution in [0.1, 0.15) is 18.4 Å². The number of imide groups is 1. The molecule has 1 aromatic rings. The van der Waals surface area contributed by atoms with Gasteiger partial charge in [-0.15, -0.1) is 0 Å². The predicted molar refractivity (Wildman–Crippen MR) is 88.7 cm³/mol. The molecule has 1 aromatic carbocycles. The lowest BCUT2D eigenvalue weighted by molar-refractivity contribution is -0.124. The van der Waals surface area contributed by atoms with E-state index in [2.05, 4.69) is 34.7 Å². The number of allylic oxidation sites excluding steroid dienone is 2. The molecule has 5 rings (SSSR count). The van der Waals surface area contributed by atoms with Gasteiger partial charge in [0.1, 0.15) is 0 Å². The van der Waals surface area contributed by atoms with E-state index >= 15 is 0 Å². The van der Waals surface area contributed by atoms with Crippen molar-refractivity contribution >= 4 is 40.1 Å². The van der Waals surface area contributed by atoms with Gasteiger partial charge in [-0.2, -0.15) is 0 Å². The van der Waals surface area contributed by atoms with E-state index in [1.165, 1.54) is 4.90 Å². The van der Waals surface area contributed by atoms with Crippen LogP contribution in [0.25, 0.3) is 0 Å². The van der Waals surface area contributed by atoms with Crippen molar-refractivity contribution in [1.29, 1.82) is 0 Å². The third kappa shape index (κ3) is 1.84. The Kier molecular flexibility index (Phi) is 3.00. The molecule has 0 aromatic heterocycles. The van der Waals surface area contributed by atoms with Crippen LogP contribution in [0.3, 0.4) is 0 Å². The second kappa shape index (κ2) is 4.66. The minimum atomic E-state index is -0.125. The maximum absolute atomic E-state index is 12.8. The van der Waals surface area contributed by atoms with Gasteiger partial charge in [0.05, 0.1) is 17.5 Å². The van der Waals surface area contributed by atoms with E-state index in [1.807, 2.05) is 25.1 Å². The lowest BCUT2D eigenvalue weighted by Gasteiger charge is -2.38. The first-order valence-electron chi connectivity index (χ1n) is 7.40. The molecule has 3 aliphatic carbocycles. The van der Waals surface area contributed by atoms with Crippen LogP contribution < -0.4 is 4.90 Å². The highest BCUT2D eigenvalue weighted by Gasteiger charge is 2.56. The zero-order valence-electron chi connectivity index (χ0n) is 11.8. The van der Waals surface area contributed by atoms with Gasteiger partial charge in [0.15, 0.2) is 0 Å². The fourth-order valence-corrected chi connectivity index (χ4v) is 4.83. The molecule has 4 atom stereocenters. The smallest absolute Gasteiger partial charge is 0.238 e. The molecule has 1 heterocycles. The Bertz CT molecular complexity index is 649. The number of amides is 2. The Hall–Kier alpha value is -1.17. The Balaban J connectivity index is 1.78. The number of benzene rings is 1. The molecule has 0 unspecified atom stereocenters. The highest BCUT2D eigenvalue weighted by molar-refractivity contribution is 14.1. The van der Waals surface area contributed by atoms with Crippen LogP contribution in [-0.2, 0) is 9.59 Å². The van der Waals surface area contributed by atoms with Gasteiger partial charge < -0.3 is 0 Å². The molecule has 0 N–H and O–H groups in total. The fraction of sp³-hybridized carbons (Fsp3) is 0.412. The van der Waals surface area contributed by atoms with Crippen LogP contribution in [0.2, 0.25) is 0 Å². The highest BCUT2D eigenvalue weighted by atomic mass is 127. The fourth-order valence-electron chi connectivity index (χ4n) is 4.18. The zero-order valence-corrected chi connectivity index (χ0v) is 13.9. The molecule has 1 saturated carbocycles. The van der Waals surface area contributed by atoms with Crippen molar-refractivity contribution in [3.8, 4) is 0 Å². The molecular weight excluding hydrogens is 377 g/mol. The van der Waals surface area contributed by atoms with E-state index < -0.39 is 0 Å². The average molecular weight is 393 g/mol. The van der Waals surface area contributed by atoms with Crippen molar-refractivity contribution in [2.24, 2.45) is 23.7 Å². The van der Waals surface area contributed by atoms with Gasteiger partial charge in [-0.3, -0.25) is 9.59 Å². The second-order valence-corrected chi connectivity index (χ2v) is 7.53. The number of anilines is 1. The molecule has 3 nitrogen and oxygen atoms in total. The number of hydrogen-bond acceptors (Lipinski definition) is 2. The molecule has 2 fully saturated rings. The largest absolute Gasteiger partial charge is 0.274 e. The molecule has 4 aliphatic rings. The molecule has 21 heavy (non-hydrogen) atoms. The van der Waals surface area contributed by atoms with E-state index in [4.69, 9.17) is 0 Å². The lowest BCUT2D eigenvalue weighted by Crippen LogP contribution is -2.38. The molecule has 108 valence electrons. The number of fused-ring (bicyclic) bond motifs is 1. The van der Waals surface area contributed by atoms with E-state index in [9.17, 15) is 9.59 Å². The van der Waals surface area contributed by atoms with Crippen LogP contribution in [-0.4, -0.2) is 11.8 Å². The molecule has 1 saturated heterocycles. The van der Waals surface area contributed by atoms with Crippen molar-refractivity contribution in [1.82, 2.24) is 0 Å². The van der Waals surface area contributed by atoms with Crippen molar-refractivity contribution in [2.75, 3.05) is 4.90 Å². The van der Waals surface area contributed by atoms with E-state index in [0.29, 0.717) is 0 Å². The number of nitrogens with zero attached hydrogens (tertiary/aromatic N) is 1. The van der Waals surface area contributed by atoms with Crippen LogP contribution in [0.4, 0.5) is 5.69 Å². The second-order valence-electron chi connectivity index (χ2n) is 6.28. The number of carbonyl (C=O) groups is 2. The first-order valence-corrected chi connectivity index (χ1v) is 8.48. The van der Waals surface area contributed by atoms with Gasteiger partial charge in [0.25, 0.3) is 0 Å². The summed E-state index contributed by atoms with van der Waals surface area (Å²) >= 11 is 2.25. The highest BCUT2D eigenvalue weighted by Crippen LogP contribution is 2.50. The normalized spacial score (nSPS) is 33.7. The summed E-state index contributed by atoms with van der Waals surface area (Å²) in [7, 11) is 0. The summed E-state index contributed by atoms with van der Waals surface area (Å²) in [6.07, 6.45) is 6.40. The van der Waals surface area contributed by atoms with Gasteiger partial charge in [-0.1, -0.05) is 12.2 Å². The molecule has 0 radical (unpaired) electrons. The Morgan fingerprint density at radius 2 is 1.62 bits per heavy atom. The number of aryl methyl sites for hydroxylation is 1. The van der Waals surface area contributed by atoms with Gasteiger partial charge in [0, 0.05) is 3.57 Å². The van der Waals surface area contributed by atoms with Crippen LogP contribution >= 0.6 is 22.6 Å². The summed E-state index contributed by atoms with van der Waals surface area (Å²) in [5, 5.41) is 0. The first kappa shape index (κ1) is 13.5. The Labute approximate surface area is 137 Å². The summed E-state index contributed by atoms with van der Waals surface area (Å²) < 4.78 is 1.12. The SMILES string of the molecule is Cc1cc(I)ccc1N1C(=O)[C@@H]2[C@H](C1=O)[C@@H]1C=C[C@H]2CC1. The van der Waals surface area contributed by atoms with Crippen LogP contribution in [0, 0.1) is 34.2 Å². The summed E-state index contributed by atoms with van der Waals surface area (Å²) in [5.74, 6) is 0.276. The topological polar surface area (TPSA) is 37.4 Å². The van der Waals surface area contributed by atoms with Gasteiger partial charge in [0.2, 0.25) is 11.8 Å². The minimum Gasteiger partial charge on any atom is -0.274 e. The predicted octanol–water partition coefficient (Wildman–Crippen LogP) is 3.30. The zero-order chi connectivity index (χ0) is 14.7. The number of halogens is 1. The number of rotatable bonds is 1. The standard InChI is InChI=1S/C17H16INO2/c1-9-8-12(18)6-7-13(9)19-16(20)14-10-2-3-11(5-4-10)15(14)17(19)21/h2-3,6-8,10-11,14-15H,4-5H2,1H3/t10-,11+,14-,15+. The van der Waals surface area contributed by atoms with Gasteiger partial charge in [-0.05, 0) is 78.0 Å². The van der Waals surface area contributed by atoms with Crippen molar-refractivity contribution < 1.29 is 9.59 Å². The monoisotopic (exact) mass is 393 g/mol.